The van der Waals surface area contributed by atoms with E-state index in [2.05, 4.69) is 31.0 Å². The van der Waals surface area contributed by atoms with Crippen LogP contribution < -0.4 is 5.32 Å². The fourth-order valence-corrected chi connectivity index (χ4v) is 4.29. The monoisotopic (exact) mass is 557 g/mol. The summed E-state index contributed by atoms with van der Waals surface area (Å²) in [4.78, 5) is 12.4. The minimum atomic E-state index is -4.44. The van der Waals surface area contributed by atoms with Gasteiger partial charge < -0.3 is 0 Å². The van der Waals surface area contributed by atoms with Gasteiger partial charge in [-0.25, -0.2) is 5.10 Å². The van der Waals surface area contributed by atoms with Gasteiger partial charge in [-0.1, -0.05) is 52.6 Å². The Morgan fingerprint density at radius 1 is 0.921 bits per heavy atom. The number of rotatable bonds is 6. The van der Waals surface area contributed by atoms with Gasteiger partial charge in [0.05, 0.1) is 23.5 Å². The number of carbonyl (C=O) groups excluding carboxylic acids is 1. The van der Waals surface area contributed by atoms with Crippen LogP contribution in [0.15, 0.2) is 72.8 Å². The molecule has 5 aromatic rings. The smallest absolute Gasteiger partial charge is 0.289 e. The Bertz CT molecular complexity index is 1560. The fraction of sp³-hybridized carbons (Fsp3) is 0.0800. The van der Waals surface area contributed by atoms with E-state index in [-0.39, 0.29) is 5.95 Å². The highest BCUT2D eigenvalue weighted by atomic mass is 35.5. The first-order valence-electron chi connectivity index (χ1n) is 11.0. The van der Waals surface area contributed by atoms with Crippen LogP contribution in [0.25, 0.3) is 22.5 Å². The van der Waals surface area contributed by atoms with Crippen molar-refractivity contribution in [2.75, 3.05) is 5.32 Å². The van der Waals surface area contributed by atoms with E-state index in [1.165, 1.54) is 12.1 Å². The van der Waals surface area contributed by atoms with Gasteiger partial charge in [0.15, 0.2) is 0 Å². The van der Waals surface area contributed by atoms with Crippen LogP contribution in [0, 0.1) is 0 Å². The second-order valence-corrected chi connectivity index (χ2v) is 9.08. The summed E-state index contributed by atoms with van der Waals surface area (Å²) in [5.41, 5.74) is 2.79. The van der Waals surface area contributed by atoms with E-state index in [0.717, 1.165) is 17.7 Å². The van der Waals surface area contributed by atoms with E-state index < -0.39 is 17.6 Å². The Labute approximate surface area is 223 Å². The molecule has 13 heteroatoms. The van der Waals surface area contributed by atoms with Crippen molar-refractivity contribution in [1.29, 1.82) is 0 Å². The SMILES string of the molecule is O=C(Nc1nnn[nH]1)c1ccc(Cn2nc(-c3ccc(C(F)(F)F)cc3)cc2-c2cc(Cl)cc(Cl)c2)cc1. The van der Waals surface area contributed by atoms with Crippen LogP contribution in [0.5, 0.6) is 0 Å². The Morgan fingerprint density at radius 2 is 1.61 bits per heavy atom. The topological polar surface area (TPSA) is 101 Å². The fourth-order valence-electron chi connectivity index (χ4n) is 3.77. The first-order chi connectivity index (χ1) is 18.2. The Hall–Kier alpha value is -4.22. The predicted molar refractivity (Wildman–Crippen MR) is 136 cm³/mol. The quantitative estimate of drug-likeness (QED) is 0.253. The molecule has 0 atom stereocenters. The number of benzene rings is 3. The zero-order valence-electron chi connectivity index (χ0n) is 19.2. The lowest BCUT2D eigenvalue weighted by atomic mass is 10.1. The first-order valence-corrected chi connectivity index (χ1v) is 11.8. The average Bonchev–Trinajstić information content (AvgIpc) is 3.54. The summed E-state index contributed by atoms with van der Waals surface area (Å²) in [6.07, 6.45) is -4.44. The van der Waals surface area contributed by atoms with Crippen molar-refractivity contribution in [3.63, 3.8) is 0 Å². The molecule has 0 radical (unpaired) electrons. The third kappa shape index (κ3) is 5.68. The Morgan fingerprint density at radius 3 is 2.21 bits per heavy atom. The van der Waals surface area contributed by atoms with E-state index in [1.807, 2.05) is 0 Å². The molecule has 0 saturated carbocycles. The minimum Gasteiger partial charge on any atom is -0.289 e. The second kappa shape index (κ2) is 10.3. The van der Waals surface area contributed by atoms with E-state index in [0.29, 0.717) is 44.7 Å². The highest BCUT2D eigenvalue weighted by Crippen LogP contribution is 2.33. The van der Waals surface area contributed by atoms with Crippen LogP contribution in [0.1, 0.15) is 21.5 Å². The van der Waals surface area contributed by atoms with Crippen molar-refractivity contribution in [2.24, 2.45) is 0 Å². The molecule has 0 unspecified atom stereocenters. The lowest BCUT2D eigenvalue weighted by Crippen LogP contribution is -2.13. The highest BCUT2D eigenvalue weighted by Gasteiger charge is 2.30. The number of nitrogens with zero attached hydrogens (tertiary/aromatic N) is 5. The van der Waals surface area contributed by atoms with Crippen LogP contribution in [-0.2, 0) is 12.7 Å². The number of hydrogen-bond donors (Lipinski definition) is 2. The third-order valence-corrected chi connectivity index (χ3v) is 6.01. The molecule has 0 fully saturated rings. The van der Waals surface area contributed by atoms with Crippen molar-refractivity contribution in [3.8, 4) is 22.5 Å². The van der Waals surface area contributed by atoms with Gasteiger partial charge >= 0.3 is 6.18 Å². The number of halogens is 5. The molecule has 2 heterocycles. The molecule has 0 aliphatic carbocycles. The highest BCUT2D eigenvalue weighted by molar-refractivity contribution is 6.35. The normalized spacial score (nSPS) is 11.5. The summed E-state index contributed by atoms with van der Waals surface area (Å²) >= 11 is 12.4. The molecule has 2 aromatic heterocycles. The molecule has 0 spiro atoms. The van der Waals surface area contributed by atoms with Gasteiger partial charge in [0.2, 0.25) is 5.95 Å². The van der Waals surface area contributed by atoms with Crippen molar-refractivity contribution in [3.05, 3.63) is 99.5 Å². The van der Waals surface area contributed by atoms with Gasteiger partial charge in [-0.3, -0.25) is 14.8 Å². The molecule has 0 aliphatic rings. The van der Waals surface area contributed by atoms with Gasteiger partial charge in [-0.05, 0) is 64.5 Å². The lowest BCUT2D eigenvalue weighted by molar-refractivity contribution is -0.137. The number of hydrogen-bond acceptors (Lipinski definition) is 5. The Balaban J connectivity index is 1.46. The maximum Gasteiger partial charge on any atom is 0.416 e. The van der Waals surface area contributed by atoms with Gasteiger partial charge in [-0.2, -0.15) is 18.3 Å². The number of amides is 1. The predicted octanol–water partition coefficient (Wildman–Crippen LogP) is 6.36. The summed E-state index contributed by atoms with van der Waals surface area (Å²) in [6.45, 7) is 0.300. The van der Waals surface area contributed by atoms with E-state index in [9.17, 15) is 18.0 Å². The number of aromatic nitrogens is 6. The molecule has 192 valence electrons. The number of carbonyl (C=O) groups is 1. The van der Waals surface area contributed by atoms with Gasteiger partial charge in [0.25, 0.3) is 5.91 Å². The summed E-state index contributed by atoms with van der Waals surface area (Å²) < 4.78 is 40.8. The van der Waals surface area contributed by atoms with Crippen LogP contribution in [0.3, 0.4) is 0 Å². The van der Waals surface area contributed by atoms with Crippen LogP contribution >= 0.6 is 23.2 Å². The average molecular weight is 558 g/mol. The maximum absolute atomic E-state index is 13.0. The summed E-state index contributed by atoms with van der Waals surface area (Å²) in [5, 5.41) is 20.9. The minimum absolute atomic E-state index is 0.122. The molecule has 38 heavy (non-hydrogen) atoms. The standard InChI is InChI=1S/C25H16Cl2F3N7O/c26-19-9-17(10-20(27)11-19)22-12-21(15-5-7-18(8-6-15)25(28,29)30)34-37(22)13-14-1-3-16(4-2-14)23(38)31-24-32-35-36-33-24/h1-12H,13H2,(H2,31,32,33,35,36,38). The molecule has 0 aliphatic heterocycles. The third-order valence-electron chi connectivity index (χ3n) is 5.57. The second-order valence-electron chi connectivity index (χ2n) is 8.21. The molecule has 8 nitrogen and oxygen atoms in total. The number of aromatic amines is 1. The van der Waals surface area contributed by atoms with Crippen molar-refractivity contribution in [1.82, 2.24) is 30.4 Å². The van der Waals surface area contributed by atoms with Crippen molar-refractivity contribution >= 4 is 35.1 Å². The van der Waals surface area contributed by atoms with Crippen molar-refractivity contribution < 1.29 is 18.0 Å². The van der Waals surface area contributed by atoms with E-state index in [1.54, 1.807) is 53.2 Å². The van der Waals surface area contributed by atoms with Crippen LogP contribution in [0.2, 0.25) is 10.0 Å². The van der Waals surface area contributed by atoms with Crippen LogP contribution in [0.4, 0.5) is 19.1 Å². The first kappa shape index (κ1) is 25.4. The summed E-state index contributed by atoms with van der Waals surface area (Å²) in [5.74, 6) is -0.274. The number of anilines is 1. The Kier molecular flexibility index (Phi) is 6.87. The maximum atomic E-state index is 13.0. The molecule has 0 saturated heterocycles. The van der Waals surface area contributed by atoms with E-state index >= 15 is 0 Å². The number of nitrogens with one attached hydrogen (secondary N) is 2. The summed E-state index contributed by atoms with van der Waals surface area (Å²) in [7, 11) is 0. The number of H-pyrrole nitrogens is 1. The van der Waals surface area contributed by atoms with Gasteiger partial charge in [0.1, 0.15) is 0 Å². The molecular formula is C25H16Cl2F3N7O. The molecule has 3 aromatic carbocycles. The zero-order valence-corrected chi connectivity index (χ0v) is 20.7. The van der Waals surface area contributed by atoms with Crippen molar-refractivity contribution in [2.45, 2.75) is 12.7 Å². The number of alkyl halides is 3. The molecule has 0 bridgehead atoms. The van der Waals surface area contributed by atoms with Gasteiger partial charge in [-0.15, -0.1) is 0 Å². The lowest BCUT2D eigenvalue weighted by Gasteiger charge is -2.09. The molecule has 1 amide bonds. The number of tetrazole rings is 1. The molecule has 5 rings (SSSR count). The van der Waals surface area contributed by atoms with Crippen LogP contribution in [-0.4, -0.2) is 36.3 Å². The molecular weight excluding hydrogens is 542 g/mol. The largest absolute Gasteiger partial charge is 0.416 e. The van der Waals surface area contributed by atoms with Gasteiger partial charge in [0, 0.05) is 26.7 Å². The van der Waals surface area contributed by atoms with E-state index in [4.69, 9.17) is 23.2 Å². The summed E-state index contributed by atoms with van der Waals surface area (Å²) in [6, 6.07) is 18.4. The zero-order chi connectivity index (χ0) is 26.9. The molecule has 2 N–H and O–H groups in total.